The number of hydrogen-bond acceptors (Lipinski definition) is 4. The van der Waals surface area contributed by atoms with Crippen molar-refractivity contribution in [2.45, 2.75) is 70.4 Å². The van der Waals surface area contributed by atoms with Crippen molar-refractivity contribution in [1.29, 1.82) is 0 Å². The van der Waals surface area contributed by atoms with E-state index in [4.69, 9.17) is 4.98 Å². The van der Waals surface area contributed by atoms with Crippen molar-refractivity contribution in [2.24, 2.45) is 5.92 Å². The molecule has 1 N–H and O–H groups in total. The van der Waals surface area contributed by atoms with Gasteiger partial charge < -0.3 is 5.32 Å². The summed E-state index contributed by atoms with van der Waals surface area (Å²) in [6.45, 7) is 8.41. The maximum atomic E-state index is 4.72. The van der Waals surface area contributed by atoms with Gasteiger partial charge in [0, 0.05) is 17.5 Å². The highest BCUT2D eigenvalue weighted by atomic mass is 32.2. The Morgan fingerprint density at radius 1 is 1.24 bits per heavy atom. The number of aromatic nitrogens is 2. The molecule has 1 saturated carbocycles. The fourth-order valence-electron chi connectivity index (χ4n) is 2.77. The van der Waals surface area contributed by atoms with E-state index >= 15 is 0 Å². The van der Waals surface area contributed by atoms with Crippen molar-refractivity contribution in [3.8, 4) is 0 Å². The van der Waals surface area contributed by atoms with E-state index in [1.807, 2.05) is 0 Å². The van der Waals surface area contributed by atoms with E-state index in [0.29, 0.717) is 5.92 Å². The summed E-state index contributed by atoms with van der Waals surface area (Å²) in [5.74, 6) is 2.64. The van der Waals surface area contributed by atoms with Crippen LogP contribution in [0.25, 0.3) is 0 Å². The third-order valence-corrected chi connectivity index (χ3v) is 5.18. The minimum Gasteiger partial charge on any atom is -0.311 e. The van der Waals surface area contributed by atoms with Crippen LogP contribution < -0.4 is 5.32 Å². The lowest BCUT2D eigenvalue weighted by Gasteiger charge is -2.20. The van der Waals surface area contributed by atoms with E-state index in [-0.39, 0.29) is 0 Å². The molecule has 0 spiro atoms. The van der Waals surface area contributed by atoms with Gasteiger partial charge >= 0.3 is 0 Å². The highest BCUT2D eigenvalue weighted by Crippen LogP contribution is 2.29. The molecular formula is C17H29N3S. The van der Waals surface area contributed by atoms with E-state index in [0.717, 1.165) is 41.3 Å². The summed E-state index contributed by atoms with van der Waals surface area (Å²) < 4.78 is 0. The zero-order valence-electron chi connectivity index (χ0n) is 13.7. The summed E-state index contributed by atoms with van der Waals surface area (Å²) in [5.41, 5.74) is 2.22. The summed E-state index contributed by atoms with van der Waals surface area (Å²) in [6.07, 6.45) is 6.97. The first kappa shape index (κ1) is 16.8. The Morgan fingerprint density at radius 2 is 2.00 bits per heavy atom. The molecule has 118 valence electrons. The van der Waals surface area contributed by atoms with Crippen LogP contribution in [-0.4, -0.2) is 21.8 Å². The van der Waals surface area contributed by atoms with Crippen molar-refractivity contribution in [1.82, 2.24) is 15.3 Å². The second-order valence-electron chi connectivity index (χ2n) is 6.51. The van der Waals surface area contributed by atoms with E-state index in [1.54, 1.807) is 0 Å². The number of nitrogens with zero attached hydrogens (tertiary/aromatic N) is 2. The minimum absolute atomic E-state index is 0.675. The maximum absolute atomic E-state index is 4.72. The van der Waals surface area contributed by atoms with Gasteiger partial charge in [-0.15, -0.1) is 0 Å². The standard InChI is InChI=1S/C17H29N3S/c1-13(2)10-18-11-15-9-14(3)19-17(20-15)12-21-16-7-5-4-6-8-16/h9,13,16,18H,4-8,10-12H2,1-3H3. The third-order valence-electron chi connectivity index (χ3n) is 3.81. The van der Waals surface area contributed by atoms with Crippen LogP contribution in [0.3, 0.4) is 0 Å². The number of rotatable bonds is 7. The van der Waals surface area contributed by atoms with Crippen LogP contribution in [0.15, 0.2) is 6.07 Å². The van der Waals surface area contributed by atoms with Gasteiger partial charge in [-0.25, -0.2) is 9.97 Å². The lowest BCUT2D eigenvalue weighted by molar-refractivity contribution is 0.516. The van der Waals surface area contributed by atoms with Crippen molar-refractivity contribution in [3.63, 3.8) is 0 Å². The molecule has 0 aliphatic heterocycles. The van der Waals surface area contributed by atoms with Gasteiger partial charge in [0.2, 0.25) is 0 Å². The van der Waals surface area contributed by atoms with Gasteiger partial charge in [0.1, 0.15) is 5.82 Å². The van der Waals surface area contributed by atoms with Crippen LogP contribution in [0.1, 0.15) is 63.2 Å². The number of thioether (sulfide) groups is 1. The Bertz CT molecular complexity index is 428. The molecule has 1 aromatic heterocycles. The molecule has 1 fully saturated rings. The zero-order valence-corrected chi connectivity index (χ0v) is 14.5. The molecule has 1 aromatic rings. The molecule has 0 aromatic carbocycles. The second kappa shape index (κ2) is 8.74. The van der Waals surface area contributed by atoms with Gasteiger partial charge in [-0.2, -0.15) is 11.8 Å². The number of nitrogens with one attached hydrogen (secondary N) is 1. The Balaban J connectivity index is 1.85. The van der Waals surface area contributed by atoms with Gasteiger partial charge in [-0.05, 0) is 38.3 Å². The van der Waals surface area contributed by atoms with Gasteiger partial charge in [-0.3, -0.25) is 0 Å². The highest BCUT2D eigenvalue weighted by Gasteiger charge is 2.14. The molecule has 1 aliphatic carbocycles. The lowest BCUT2D eigenvalue weighted by Crippen LogP contribution is -2.20. The zero-order chi connectivity index (χ0) is 15.1. The average molecular weight is 308 g/mol. The first-order valence-corrected chi connectivity index (χ1v) is 9.34. The van der Waals surface area contributed by atoms with Crippen LogP contribution in [0.5, 0.6) is 0 Å². The van der Waals surface area contributed by atoms with Crippen LogP contribution in [0.2, 0.25) is 0 Å². The van der Waals surface area contributed by atoms with Gasteiger partial charge in [0.15, 0.2) is 0 Å². The van der Waals surface area contributed by atoms with Gasteiger partial charge in [-0.1, -0.05) is 33.1 Å². The summed E-state index contributed by atoms with van der Waals surface area (Å²) in [6, 6.07) is 2.10. The predicted octanol–water partition coefficient (Wildman–Crippen LogP) is 4.10. The van der Waals surface area contributed by atoms with E-state index in [9.17, 15) is 0 Å². The summed E-state index contributed by atoms with van der Waals surface area (Å²) >= 11 is 2.05. The predicted molar refractivity (Wildman–Crippen MR) is 91.5 cm³/mol. The first-order valence-electron chi connectivity index (χ1n) is 8.29. The topological polar surface area (TPSA) is 37.8 Å². The van der Waals surface area contributed by atoms with Crippen molar-refractivity contribution < 1.29 is 0 Å². The third kappa shape index (κ3) is 6.35. The van der Waals surface area contributed by atoms with Crippen molar-refractivity contribution in [3.05, 3.63) is 23.3 Å². The molecule has 0 unspecified atom stereocenters. The molecule has 0 atom stereocenters. The molecule has 4 heteroatoms. The monoisotopic (exact) mass is 307 g/mol. The van der Waals surface area contributed by atoms with Gasteiger partial charge in [0.25, 0.3) is 0 Å². The Kier molecular flexibility index (Phi) is 6.97. The molecule has 21 heavy (non-hydrogen) atoms. The van der Waals surface area contributed by atoms with Crippen LogP contribution in [0.4, 0.5) is 0 Å². The van der Waals surface area contributed by atoms with Crippen molar-refractivity contribution in [2.75, 3.05) is 6.54 Å². The van der Waals surface area contributed by atoms with Crippen molar-refractivity contribution >= 4 is 11.8 Å². The summed E-state index contributed by atoms with van der Waals surface area (Å²) in [7, 11) is 0. The van der Waals surface area contributed by atoms with E-state index < -0.39 is 0 Å². The fourth-order valence-corrected chi connectivity index (χ4v) is 3.95. The molecule has 1 aliphatic rings. The first-order chi connectivity index (χ1) is 10.1. The van der Waals surface area contributed by atoms with Crippen LogP contribution in [-0.2, 0) is 12.3 Å². The second-order valence-corrected chi connectivity index (χ2v) is 7.80. The summed E-state index contributed by atoms with van der Waals surface area (Å²) in [5, 5.41) is 4.29. The normalized spacial score (nSPS) is 16.6. The number of hydrogen-bond donors (Lipinski definition) is 1. The molecule has 2 rings (SSSR count). The quantitative estimate of drug-likeness (QED) is 0.823. The summed E-state index contributed by atoms with van der Waals surface area (Å²) in [4.78, 5) is 9.32. The van der Waals surface area contributed by atoms with Gasteiger partial charge in [0.05, 0.1) is 11.4 Å². The molecule has 0 bridgehead atoms. The van der Waals surface area contributed by atoms with E-state index in [1.165, 1.54) is 32.1 Å². The highest BCUT2D eigenvalue weighted by molar-refractivity contribution is 7.99. The lowest BCUT2D eigenvalue weighted by atomic mass is 10.0. The fraction of sp³-hybridized carbons (Fsp3) is 0.765. The molecule has 1 heterocycles. The van der Waals surface area contributed by atoms with Crippen LogP contribution in [0, 0.1) is 12.8 Å². The smallest absolute Gasteiger partial charge is 0.138 e. The Morgan fingerprint density at radius 3 is 2.71 bits per heavy atom. The molecule has 0 amide bonds. The Labute approximate surface area is 133 Å². The molecule has 3 nitrogen and oxygen atoms in total. The molecule has 0 saturated heterocycles. The van der Waals surface area contributed by atoms with Crippen LogP contribution >= 0.6 is 11.8 Å². The minimum atomic E-state index is 0.675. The molecular weight excluding hydrogens is 278 g/mol. The largest absolute Gasteiger partial charge is 0.311 e. The number of aryl methyl sites for hydroxylation is 1. The molecule has 0 radical (unpaired) electrons. The maximum Gasteiger partial charge on any atom is 0.138 e. The average Bonchev–Trinajstić information content (AvgIpc) is 2.45. The van der Waals surface area contributed by atoms with E-state index in [2.05, 4.69) is 48.9 Å². The Hall–Kier alpha value is -0.610. The SMILES string of the molecule is Cc1cc(CNCC(C)C)nc(CSC2CCCCC2)n1.